The van der Waals surface area contributed by atoms with Crippen LogP contribution in [0.4, 0.5) is 0 Å². The smallest absolute Gasteiger partial charge is 0.143 e. The zero-order chi connectivity index (χ0) is 37.7. The van der Waals surface area contributed by atoms with Crippen molar-refractivity contribution in [1.82, 2.24) is 4.57 Å². The summed E-state index contributed by atoms with van der Waals surface area (Å²) in [6.07, 6.45) is 0. The van der Waals surface area contributed by atoms with Gasteiger partial charge in [-0.05, 0) is 99.6 Å². The van der Waals surface area contributed by atoms with Gasteiger partial charge in [0.1, 0.15) is 22.3 Å². The molecule has 0 saturated heterocycles. The lowest BCUT2D eigenvalue weighted by atomic mass is 9.82. The Bertz CT molecular complexity index is 3350. The zero-order valence-corrected chi connectivity index (χ0v) is 31.9. The van der Waals surface area contributed by atoms with E-state index in [1.54, 1.807) is 0 Å². The second-order valence-corrected chi connectivity index (χ2v) is 15.3. The number of benzene rings is 8. The fraction of sp³-hybridized carbons (Fsp3) is 0.0943. The van der Waals surface area contributed by atoms with E-state index in [4.69, 9.17) is 8.83 Å². The first-order valence-corrected chi connectivity index (χ1v) is 19.7. The second-order valence-electron chi connectivity index (χ2n) is 15.3. The average molecular weight is 722 g/mol. The van der Waals surface area contributed by atoms with Gasteiger partial charge < -0.3 is 13.4 Å². The standard InChI is InChI=1S/C51H33NO2.C2H6/c1-51(2)42-22-21-37-35-12-6-9-15-47(35)54-50(37)49(42)38-20-19-34(29-43(38)51)52-44-23-16-31(30-10-4-3-5-11-30)26-39(44)40-27-32(17-24-45(40)52)33-18-25-48-41(28-33)36-13-7-8-14-46(36)53-48;1-2/h3-29H,1-2H3;1-2H3. The Morgan fingerprint density at radius 3 is 1.70 bits per heavy atom. The summed E-state index contributed by atoms with van der Waals surface area (Å²) in [6, 6.07) is 59.3. The van der Waals surface area contributed by atoms with E-state index >= 15 is 0 Å². The van der Waals surface area contributed by atoms with Crippen LogP contribution in [-0.4, -0.2) is 4.57 Å². The molecule has 8 aromatic carbocycles. The third-order valence-electron chi connectivity index (χ3n) is 12.0. The lowest BCUT2D eigenvalue weighted by Crippen LogP contribution is -2.15. The van der Waals surface area contributed by atoms with Crippen molar-refractivity contribution >= 4 is 65.7 Å². The number of rotatable bonds is 3. The van der Waals surface area contributed by atoms with Crippen LogP contribution in [0.5, 0.6) is 0 Å². The molecule has 0 spiro atoms. The predicted molar refractivity (Wildman–Crippen MR) is 235 cm³/mol. The van der Waals surface area contributed by atoms with Crippen LogP contribution in [0, 0.1) is 0 Å². The van der Waals surface area contributed by atoms with Gasteiger partial charge in [0.05, 0.1) is 11.0 Å². The minimum absolute atomic E-state index is 0.198. The number of fused-ring (bicyclic) bond motifs is 13. The van der Waals surface area contributed by atoms with Crippen LogP contribution in [0.3, 0.4) is 0 Å². The molecule has 1 aliphatic rings. The lowest BCUT2D eigenvalue weighted by Gasteiger charge is -2.22. The van der Waals surface area contributed by atoms with Crippen molar-refractivity contribution in [2.45, 2.75) is 33.1 Å². The Balaban J connectivity index is 0.00000179. The third-order valence-corrected chi connectivity index (χ3v) is 12.0. The van der Waals surface area contributed by atoms with E-state index < -0.39 is 0 Å². The highest BCUT2D eigenvalue weighted by Crippen LogP contribution is 2.53. The van der Waals surface area contributed by atoms with Crippen molar-refractivity contribution < 1.29 is 8.83 Å². The number of furan rings is 2. The molecule has 0 aliphatic heterocycles. The molecule has 11 aromatic rings. The molecule has 1 aliphatic carbocycles. The fourth-order valence-corrected chi connectivity index (χ4v) is 9.33. The van der Waals surface area contributed by atoms with Crippen LogP contribution >= 0.6 is 0 Å². The highest BCUT2D eigenvalue weighted by molar-refractivity contribution is 6.14. The van der Waals surface area contributed by atoms with E-state index in [2.05, 4.69) is 164 Å². The third kappa shape index (κ3) is 4.58. The molecule has 3 heterocycles. The van der Waals surface area contributed by atoms with E-state index in [1.807, 2.05) is 32.0 Å². The van der Waals surface area contributed by atoms with Gasteiger partial charge in [0.25, 0.3) is 0 Å². The van der Waals surface area contributed by atoms with Gasteiger partial charge in [-0.1, -0.05) is 131 Å². The van der Waals surface area contributed by atoms with Gasteiger partial charge in [0.15, 0.2) is 0 Å². The quantitative estimate of drug-likeness (QED) is 0.182. The maximum atomic E-state index is 6.59. The monoisotopic (exact) mass is 721 g/mol. The topological polar surface area (TPSA) is 31.2 Å². The Morgan fingerprint density at radius 1 is 0.411 bits per heavy atom. The van der Waals surface area contributed by atoms with Crippen LogP contribution in [0.15, 0.2) is 173 Å². The van der Waals surface area contributed by atoms with Crippen molar-refractivity contribution in [3.63, 3.8) is 0 Å². The Hall–Kier alpha value is -6.84. The van der Waals surface area contributed by atoms with Crippen LogP contribution in [-0.2, 0) is 5.41 Å². The van der Waals surface area contributed by atoms with E-state index in [0.717, 1.165) is 44.2 Å². The summed E-state index contributed by atoms with van der Waals surface area (Å²) in [5.74, 6) is 0. The van der Waals surface area contributed by atoms with Gasteiger partial charge in [0.2, 0.25) is 0 Å². The van der Waals surface area contributed by atoms with Gasteiger partial charge in [-0.25, -0.2) is 0 Å². The number of aromatic nitrogens is 1. The molecule has 0 saturated carbocycles. The van der Waals surface area contributed by atoms with Crippen LogP contribution in [0.1, 0.15) is 38.8 Å². The Kier molecular flexibility index (Phi) is 7.03. The molecule has 3 nitrogen and oxygen atoms in total. The highest BCUT2D eigenvalue weighted by Gasteiger charge is 2.38. The SMILES string of the molecule is CC.CC1(C)c2cc(-n3c4ccc(-c5ccccc5)cc4c4cc(-c5ccc6oc7ccccc7c6c5)ccc43)ccc2-c2c1ccc1c2oc2ccccc21. The molecule has 0 fully saturated rings. The van der Waals surface area contributed by atoms with Crippen molar-refractivity contribution in [1.29, 1.82) is 0 Å². The average Bonchev–Trinajstić information content (AvgIpc) is 3.97. The molecule has 0 unspecified atom stereocenters. The molecule has 268 valence electrons. The number of hydrogen-bond donors (Lipinski definition) is 0. The minimum Gasteiger partial charge on any atom is -0.456 e. The van der Waals surface area contributed by atoms with Crippen LogP contribution < -0.4 is 0 Å². The molecule has 0 radical (unpaired) electrons. The van der Waals surface area contributed by atoms with E-state index in [1.165, 1.54) is 71.7 Å². The molecule has 12 rings (SSSR count). The van der Waals surface area contributed by atoms with Gasteiger partial charge in [-0.3, -0.25) is 0 Å². The summed E-state index contributed by atoms with van der Waals surface area (Å²) in [5, 5.41) is 7.07. The summed E-state index contributed by atoms with van der Waals surface area (Å²) < 4.78 is 15.2. The first kappa shape index (κ1) is 32.6. The normalized spacial score (nSPS) is 13.1. The molecular weight excluding hydrogens is 683 g/mol. The Labute approximate surface area is 325 Å². The number of nitrogens with zero attached hydrogens (tertiary/aromatic N) is 1. The van der Waals surface area contributed by atoms with Crippen molar-refractivity contribution in [3.8, 4) is 39.1 Å². The molecule has 0 bridgehead atoms. The zero-order valence-electron chi connectivity index (χ0n) is 31.9. The fourth-order valence-electron chi connectivity index (χ4n) is 9.33. The largest absolute Gasteiger partial charge is 0.456 e. The number of hydrogen-bond acceptors (Lipinski definition) is 2. The summed E-state index contributed by atoms with van der Waals surface area (Å²) >= 11 is 0. The summed E-state index contributed by atoms with van der Waals surface area (Å²) in [5.41, 5.74) is 16.9. The predicted octanol–water partition coefficient (Wildman–Crippen LogP) is 15.2. The first-order valence-electron chi connectivity index (χ1n) is 19.7. The molecule has 0 amide bonds. The molecule has 56 heavy (non-hydrogen) atoms. The van der Waals surface area contributed by atoms with Crippen LogP contribution in [0.25, 0.3) is 105 Å². The van der Waals surface area contributed by atoms with E-state index in [-0.39, 0.29) is 5.41 Å². The van der Waals surface area contributed by atoms with Crippen molar-refractivity contribution in [3.05, 3.63) is 175 Å². The van der Waals surface area contributed by atoms with Crippen LogP contribution in [0.2, 0.25) is 0 Å². The summed E-state index contributed by atoms with van der Waals surface area (Å²) in [6.45, 7) is 8.69. The molecule has 0 N–H and O–H groups in total. The van der Waals surface area contributed by atoms with Gasteiger partial charge in [0, 0.05) is 49.0 Å². The van der Waals surface area contributed by atoms with Gasteiger partial charge >= 0.3 is 0 Å². The van der Waals surface area contributed by atoms with Gasteiger partial charge in [-0.15, -0.1) is 0 Å². The Morgan fingerprint density at radius 2 is 0.982 bits per heavy atom. The van der Waals surface area contributed by atoms with Crippen molar-refractivity contribution in [2.24, 2.45) is 0 Å². The highest BCUT2D eigenvalue weighted by atomic mass is 16.3. The summed E-state index contributed by atoms with van der Waals surface area (Å²) in [7, 11) is 0. The van der Waals surface area contributed by atoms with Gasteiger partial charge in [-0.2, -0.15) is 0 Å². The number of para-hydroxylation sites is 2. The molecule has 3 aromatic heterocycles. The van der Waals surface area contributed by atoms with E-state index in [9.17, 15) is 0 Å². The lowest BCUT2D eigenvalue weighted by molar-refractivity contribution is 0.653. The maximum Gasteiger partial charge on any atom is 0.143 e. The molecular formula is C53H39NO2. The van der Waals surface area contributed by atoms with Crippen molar-refractivity contribution in [2.75, 3.05) is 0 Å². The minimum atomic E-state index is -0.198. The van der Waals surface area contributed by atoms with E-state index in [0.29, 0.717) is 0 Å². The first-order chi connectivity index (χ1) is 27.5. The molecule has 3 heteroatoms. The summed E-state index contributed by atoms with van der Waals surface area (Å²) in [4.78, 5) is 0. The second kappa shape index (κ2) is 12.1. The maximum absolute atomic E-state index is 6.59. The molecule has 0 atom stereocenters.